The van der Waals surface area contributed by atoms with Crippen LogP contribution in [0.5, 0.6) is 0 Å². The molecular formula is C12H17F2N3O3S. The summed E-state index contributed by atoms with van der Waals surface area (Å²) in [4.78, 5) is -0.748. The van der Waals surface area contributed by atoms with Crippen molar-refractivity contribution < 1.29 is 21.9 Å². The molecule has 1 aromatic carbocycles. The molecule has 0 fully saturated rings. The van der Waals surface area contributed by atoms with Crippen LogP contribution in [0.4, 0.5) is 8.78 Å². The minimum Gasteiger partial charge on any atom is -0.388 e. The number of halogens is 2. The summed E-state index contributed by atoms with van der Waals surface area (Å²) < 4.78 is 57.3. The van der Waals surface area contributed by atoms with Crippen LogP contribution in [0, 0.1) is 17.0 Å². The predicted molar refractivity (Wildman–Crippen MR) is 73.5 cm³/mol. The Morgan fingerprint density at radius 2 is 2.05 bits per heavy atom. The summed E-state index contributed by atoms with van der Waals surface area (Å²) in [5.74, 6) is -2.10. The zero-order valence-corrected chi connectivity index (χ0v) is 12.3. The van der Waals surface area contributed by atoms with E-state index in [4.69, 9.17) is 15.9 Å². The number of nitrogens with one attached hydrogen (secondary N) is 1. The van der Waals surface area contributed by atoms with Gasteiger partial charge in [-0.05, 0) is 18.2 Å². The lowest BCUT2D eigenvalue weighted by Gasteiger charge is -2.22. The maximum Gasteiger partial charge on any atom is 0.246 e. The molecule has 6 nitrogen and oxygen atoms in total. The molecule has 1 rings (SSSR count). The zero-order chi connectivity index (χ0) is 16.0. The van der Waals surface area contributed by atoms with E-state index in [1.165, 1.54) is 7.11 Å². The third-order valence-electron chi connectivity index (χ3n) is 2.69. The van der Waals surface area contributed by atoms with Gasteiger partial charge in [-0.15, -0.1) is 0 Å². The third kappa shape index (κ3) is 4.73. The van der Waals surface area contributed by atoms with Crippen molar-refractivity contribution in [2.75, 3.05) is 26.8 Å². The van der Waals surface area contributed by atoms with E-state index in [0.717, 1.165) is 16.4 Å². The Balaban J connectivity index is 3.12. The largest absolute Gasteiger partial charge is 0.388 e. The number of hydrogen-bond donors (Lipinski definition) is 2. The van der Waals surface area contributed by atoms with Gasteiger partial charge in [0.15, 0.2) is 0 Å². The predicted octanol–water partition coefficient (Wildman–Crippen LogP) is 0.928. The molecule has 0 atom stereocenters. The lowest BCUT2D eigenvalue weighted by atomic mass is 10.3. The molecule has 118 valence electrons. The number of benzene rings is 1. The molecular weight excluding hydrogens is 304 g/mol. The maximum absolute atomic E-state index is 13.7. The van der Waals surface area contributed by atoms with E-state index >= 15 is 0 Å². The Morgan fingerprint density at radius 3 is 2.62 bits per heavy atom. The smallest absolute Gasteiger partial charge is 0.246 e. The van der Waals surface area contributed by atoms with Gasteiger partial charge in [0.25, 0.3) is 0 Å². The second kappa shape index (κ2) is 7.43. The standard InChI is InChI=1S/C12H17F2N3O3S/c1-20-7-6-17(5-4-12(15)16)21(18,19)11-8-9(13)2-3-10(11)14/h2-3,8H,4-7H2,1H3,(H3,15,16). The topological polar surface area (TPSA) is 96.5 Å². The highest BCUT2D eigenvalue weighted by Crippen LogP contribution is 2.20. The number of sulfonamides is 1. The minimum absolute atomic E-state index is 0.0140. The van der Waals surface area contributed by atoms with E-state index in [9.17, 15) is 17.2 Å². The van der Waals surface area contributed by atoms with Gasteiger partial charge in [-0.3, -0.25) is 5.41 Å². The summed E-state index contributed by atoms with van der Waals surface area (Å²) in [6.45, 7) is -0.0902. The first-order chi connectivity index (χ1) is 9.78. The second-order valence-electron chi connectivity index (χ2n) is 4.25. The van der Waals surface area contributed by atoms with Crippen LogP contribution >= 0.6 is 0 Å². The summed E-state index contributed by atoms with van der Waals surface area (Å²) >= 11 is 0. The number of nitrogens with two attached hydrogens (primary N) is 1. The lowest BCUT2D eigenvalue weighted by Crippen LogP contribution is -2.36. The van der Waals surface area contributed by atoms with Crippen molar-refractivity contribution in [1.29, 1.82) is 5.41 Å². The Hall–Kier alpha value is -1.58. The van der Waals surface area contributed by atoms with Crippen LogP contribution in [0.1, 0.15) is 6.42 Å². The highest BCUT2D eigenvalue weighted by molar-refractivity contribution is 7.89. The fraction of sp³-hybridized carbons (Fsp3) is 0.417. The van der Waals surface area contributed by atoms with Crippen LogP contribution in [-0.4, -0.2) is 45.4 Å². The average Bonchev–Trinajstić information content (AvgIpc) is 2.40. The quantitative estimate of drug-likeness (QED) is 0.550. The van der Waals surface area contributed by atoms with Crippen molar-refractivity contribution in [1.82, 2.24) is 4.31 Å². The second-order valence-corrected chi connectivity index (χ2v) is 6.15. The zero-order valence-electron chi connectivity index (χ0n) is 11.5. The molecule has 1 aromatic rings. The number of nitrogens with zero attached hydrogens (tertiary/aromatic N) is 1. The SMILES string of the molecule is COCCN(CCC(=N)N)S(=O)(=O)c1cc(F)ccc1F. The van der Waals surface area contributed by atoms with Gasteiger partial charge >= 0.3 is 0 Å². The molecule has 0 unspecified atom stereocenters. The van der Waals surface area contributed by atoms with Gasteiger partial charge in [0.05, 0.1) is 12.4 Å². The number of ether oxygens (including phenoxy) is 1. The Kier molecular flexibility index (Phi) is 6.19. The molecule has 0 aromatic heterocycles. The van der Waals surface area contributed by atoms with E-state index in [-0.39, 0.29) is 32.0 Å². The van der Waals surface area contributed by atoms with Gasteiger partial charge in [0, 0.05) is 26.6 Å². The fourth-order valence-corrected chi connectivity index (χ4v) is 3.11. The number of amidine groups is 1. The maximum atomic E-state index is 13.7. The van der Waals surface area contributed by atoms with Gasteiger partial charge in [-0.2, -0.15) is 4.31 Å². The summed E-state index contributed by atoms with van der Waals surface area (Å²) in [5.41, 5.74) is 5.20. The van der Waals surface area contributed by atoms with E-state index in [2.05, 4.69) is 0 Å². The third-order valence-corrected chi connectivity index (χ3v) is 4.60. The molecule has 0 spiro atoms. The summed E-state index contributed by atoms with van der Waals surface area (Å²) in [6, 6.07) is 2.21. The molecule has 0 amide bonds. The van der Waals surface area contributed by atoms with Crippen LogP contribution in [0.15, 0.2) is 23.1 Å². The highest BCUT2D eigenvalue weighted by Gasteiger charge is 2.27. The van der Waals surface area contributed by atoms with Crippen molar-refractivity contribution >= 4 is 15.9 Å². The molecule has 3 N–H and O–H groups in total. The fourth-order valence-electron chi connectivity index (χ4n) is 1.60. The molecule has 0 aliphatic carbocycles. The van der Waals surface area contributed by atoms with Crippen LogP contribution in [0.3, 0.4) is 0 Å². The summed E-state index contributed by atoms with van der Waals surface area (Å²) in [6.07, 6.45) is -0.0140. The van der Waals surface area contributed by atoms with Crippen LogP contribution < -0.4 is 5.73 Å². The Bertz CT molecular complexity index is 608. The molecule has 0 aliphatic rings. The summed E-state index contributed by atoms with van der Waals surface area (Å²) in [5, 5.41) is 7.14. The first kappa shape index (κ1) is 17.5. The van der Waals surface area contributed by atoms with Crippen LogP contribution in [0.2, 0.25) is 0 Å². The average molecular weight is 321 g/mol. The van der Waals surface area contributed by atoms with Crippen molar-refractivity contribution in [3.63, 3.8) is 0 Å². The molecule has 0 radical (unpaired) electrons. The normalized spacial score (nSPS) is 11.8. The molecule has 21 heavy (non-hydrogen) atoms. The minimum atomic E-state index is -4.24. The molecule has 0 saturated carbocycles. The number of rotatable bonds is 8. The van der Waals surface area contributed by atoms with E-state index in [0.29, 0.717) is 6.07 Å². The number of hydrogen-bond acceptors (Lipinski definition) is 4. The lowest BCUT2D eigenvalue weighted by molar-refractivity contribution is 0.179. The number of methoxy groups -OCH3 is 1. The van der Waals surface area contributed by atoms with Crippen molar-refractivity contribution in [3.05, 3.63) is 29.8 Å². The first-order valence-corrected chi connectivity index (χ1v) is 7.50. The van der Waals surface area contributed by atoms with E-state index < -0.39 is 26.6 Å². The van der Waals surface area contributed by atoms with Gasteiger partial charge < -0.3 is 10.5 Å². The molecule has 0 aliphatic heterocycles. The van der Waals surface area contributed by atoms with Crippen molar-refractivity contribution in [2.45, 2.75) is 11.3 Å². The molecule has 0 bridgehead atoms. The van der Waals surface area contributed by atoms with Crippen LogP contribution in [0.25, 0.3) is 0 Å². The van der Waals surface area contributed by atoms with Gasteiger partial charge in [0.2, 0.25) is 10.0 Å². The van der Waals surface area contributed by atoms with E-state index in [1.807, 2.05) is 0 Å². The molecule has 0 saturated heterocycles. The Morgan fingerprint density at radius 1 is 1.38 bits per heavy atom. The first-order valence-electron chi connectivity index (χ1n) is 6.06. The van der Waals surface area contributed by atoms with Crippen LogP contribution in [-0.2, 0) is 14.8 Å². The van der Waals surface area contributed by atoms with Gasteiger partial charge in [-0.25, -0.2) is 17.2 Å². The van der Waals surface area contributed by atoms with Crippen molar-refractivity contribution in [2.24, 2.45) is 5.73 Å². The molecule has 9 heteroatoms. The Labute approximate surface area is 122 Å². The highest BCUT2D eigenvalue weighted by atomic mass is 32.2. The van der Waals surface area contributed by atoms with Gasteiger partial charge in [-0.1, -0.05) is 0 Å². The monoisotopic (exact) mass is 321 g/mol. The molecule has 0 heterocycles. The van der Waals surface area contributed by atoms with Crippen molar-refractivity contribution in [3.8, 4) is 0 Å². The van der Waals surface area contributed by atoms with E-state index in [1.54, 1.807) is 0 Å². The summed E-state index contributed by atoms with van der Waals surface area (Å²) in [7, 11) is -2.85. The van der Waals surface area contributed by atoms with Gasteiger partial charge in [0.1, 0.15) is 16.5 Å².